The van der Waals surface area contributed by atoms with Gasteiger partial charge in [-0.2, -0.15) is 0 Å². The Balaban J connectivity index is 2.19. The van der Waals surface area contributed by atoms with Gasteiger partial charge in [0, 0.05) is 24.2 Å². The lowest BCUT2D eigenvalue weighted by Crippen LogP contribution is -2.48. The van der Waals surface area contributed by atoms with Gasteiger partial charge in [0.1, 0.15) is 5.82 Å². The molecule has 2 atom stereocenters. The van der Waals surface area contributed by atoms with Crippen LogP contribution in [0.25, 0.3) is 0 Å². The number of hydrogen-bond acceptors (Lipinski definition) is 2. The van der Waals surface area contributed by atoms with Crippen LogP contribution in [0.2, 0.25) is 5.02 Å². The van der Waals surface area contributed by atoms with Gasteiger partial charge in [0.15, 0.2) is 0 Å². The van der Waals surface area contributed by atoms with E-state index >= 15 is 0 Å². The first-order valence-corrected chi connectivity index (χ1v) is 6.36. The van der Waals surface area contributed by atoms with Crippen molar-refractivity contribution in [3.8, 4) is 0 Å². The lowest BCUT2D eigenvalue weighted by atomic mass is 9.94. The second kappa shape index (κ2) is 5.24. The van der Waals surface area contributed by atoms with Crippen molar-refractivity contribution in [2.75, 3.05) is 13.1 Å². The van der Waals surface area contributed by atoms with Gasteiger partial charge in [-0.15, -0.1) is 0 Å². The van der Waals surface area contributed by atoms with Crippen molar-refractivity contribution in [3.63, 3.8) is 0 Å². The monoisotopic (exact) mass is 270 g/mol. The van der Waals surface area contributed by atoms with Gasteiger partial charge in [0.2, 0.25) is 0 Å². The highest BCUT2D eigenvalue weighted by molar-refractivity contribution is 6.31. The van der Waals surface area contributed by atoms with Crippen molar-refractivity contribution in [2.45, 2.75) is 19.4 Å². The molecule has 3 nitrogen and oxygen atoms in total. The van der Waals surface area contributed by atoms with Crippen molar-refractivity contribution in [1.29, 1.82) is 0 Å². The highest BCUT2D eigenvalue weighted by atomic mass is 35.5. The Kier molecular flexibility index (Phi) is 3.88. The molecule has 1 aromatic carbocycles. The van der Waals surface area contributed by atoms with Crippen LogP contribution in [0.4, 0.5) is 4.39 Å². The van der Waals surface area contributed by atoms with E-state index in [4.69, 9.17) is 17.3 Å². The van der Waals surface area contributed by atoms with Crippen molar-refractivity contribution in [3.05, 3.63) is 34.6 Å². The van der Waals surface area contributed by atoms with E-state index in [1.807, 2.05) is 6.92 Å². The standard InChI is InChI=1S/C13H16ClFN2O/c1-8-7-17(5-4-12(8)16)13(18)10-6-9(14)2-3-11(10)15/h2-3,6,8,12H,4-5,7,16H2,1H3. The fourth-order valence-corrected chi connectivity index (χ4v) is 2.35. The molecule has 0 saturated carbocycles. The number of likely N-dealkylation sites (tertiary alicyclic amines) is 1. The summed E-state index contributed by atoms with van der Waals surface area (Å²) in [5.74, 6) is -0.620. The maximum absolute atomic E-state index is 13.6. The first-order valence-electron chi connectivity index (χ1n) is 5.99. The average molecular weight is 271 g/mol. The van der Waals surface area contributed by atoms with Crippen LogP contribution in [0.1, 0.15) is 23.7 Å². The highest BCUT2D eigenvalue weighted by Crippen LogP contribution is 2.21. The minimum atomic E-state index is -0.535. The molecule has 1 fully saturated rings. The molecule has 1 aliphatic rings. The number of rotatable bonds is 1. The van der Waals surface area contributed by atoms with Crippen LogP contribution < -0.4 is 5.73 Å². The molecular weight excluding hydrogens is 255 g/mol. The summed E-state index contributed by atoms with van der Waals surface area (Å²) in [6, 6.07) is 4.13. The quantitative estimate of drug-likeness (QED) is 0.851. The Hall–Kier alpha value is -1.13. The summed E-state index contributed by atoms with van der Waals surface area (Å²) in [7, 11) is 0. The summed E-state index contributed by atoms with van der Waals surface area (Å²) in [6.07, 6.45) is 0.745. The average Bonchev–Trinajstić information content (AvgIpc) is 2.35. The van der Waals surface area contributed by atoms with E-state index in [1.165, 1.54) is 18.2 Å². The smallest absolute Gasteiger partial charge is 0.256 e. The zero-order chi connectivity index (χ0) is 13.3. The van der Waals surface area contributed by atoms with Crippen LogP contribution in [0.3, 0.4) is 0 Å². The van der Waals surface area contributed by atoms with Gasteiger partial charge in [0.05, 0.1) is 5.56 Å². The van der Waals surface area contributed by atoms with E-state index in [0.29, 0.717) is 18.1 Å². The predicted octanol–water partition coefficient (Wildman–Crippen LogP) is 2.29. The molecule has 1 aliphatic heterocycles. The van der Waals surface area contributed by atoms with Gasteiger partial charge in [-0.25, -0.2) is 4.39 Å². The van der Waals surface area contributed by atoms with E-state index < -0.39 is 5.82 Å². The molecule has 0 bridgehead atoms. The number of benzene rings is 1. The predicted molar refractivity (Wildman–Crippen MR) is 69.1 cm³/mol. The third-order valence-corrected chi connectivity index (χ3v) is 3.65. The third kappa shape index (κ3) is 2.65. The molecule has 0 aromatic heterocycles. The van der Waals surface area contributed by atoms with Crippen molar-refractivity contribution in [1.82, 2.24) is 4.90 Å². The molecule has 1 aromatic rings. The first-order chi connectivity index (χ1) is 8.49. The molecule has 0 aliphatic carbocycles. The molecule has 98 valence electrons. The zero-order valence-corrected chi connectivity index (χ0v) is 11.0. The number of piperidine rings is 1. The maximum Gasteiger partial charge on any atom is 0.256 e. The van der Waals surface area contributed by atoms with Crippen LogP contribution in [-0.2, 0) is 0 Å². The minimum Gasteiger partial charge on any atom is -0.338 e. The summed E-state index contributed by atoms with van der Waals surface area (Å²) in [4.78, 5) is 13.9. The van der Waals surface area contributed by atoms with Crippen LogP contribution in [0.15, 0.2) is 18.2 Å². The number of amides is 1. The van der Waals surface area contributed by atoms with Gasteiger partial charge in [-0.3, -0.25) is 4.79 Å². The fourth-order valence-electron chi connectivity index (χ4n) is 2.18. The van der Waals surface area contributed by atoms with E-state index in [2.05, 4.69) is 0 Å². The number of nitrogens with zero attached hydrogens (tertiary/aromatic N) is 1. The molecular formula is C13H16ClFN2O. The Labute approximate surface area is 111 Å². The van der Waals surface area contributed by atoms with Gasteiger partial charge < -0.3 is 10.6 Å². The molecule has 1 saturated heterocycles. The van der Waals surface area contributed by atoms with E-state index in [-0.39, 0.29) is 23.4 Å². The molecule has 5 heteroatoms. The summed E-state index contributed by atoms with van der Waals surface area (Å²) < 4.78 is 13.6. The van der Waals surface area contributed by atoms with Gasteiger partial charge in [-0.1, -0.05) is 18.5 Å². The Morgan fingerprint density at radius 3 is 2.94 bits per heavy atom. The van der Waals surface area contributed by atoms with Crippen molar-refractivity contribution in [2.24, 2.45) is 11.7 Å². The van der Waals surface area contributed by atoms with Crippen molar-refractivity contribution < 1.29 is 9.18 Å². The zero-order valence-electron chi connectivity index (χ0n) is 10.2. The Bertz CT molecular complexity index is 466. The largest absolute Gasteiger partial charge is 0.338 e. The van der Waals surface area contributed by atoms with E-state index in [0.717, 1.165) is 6.42 Å². The number of carbonyl (C=O) groups is 1. The number of hydrogen-bond donors (Lipinski definition) is 1. The van der Waals surface area contributed by atoms with Gasteiger partial charge in [0.25, 0.3) is 5.91 Å². The first kappa shape index (κ1) is 13.3. The normalized spacial score (nSPS) is 24.1. The SMILES string of the molecule is CC1CN(C(=O)c2cc(Cl)ccc2F)CCC1N. The fraction of sp³-hybridized carbons (Fsp3) is 0.462. The minimum absolute atomic E-state index is 0.0326. The third-order valence-electron chi connectivity index (χ3n) is 3.42. The maximum atomic E-state index is 13.6. The summed E-state index contributed by atoms with van der Waals surface area (Å²) in [5, 5.41) is 0.363. The molecule has 1 amide bonds. The lowest BCUT2D eigenvalue weighted by Gasteiger charge is -2.35. The van der Waals surface area contributed by atoms with E-state index in [1.54, 1.807) is 4.90 Å². The van der Waals surface area contributed by atoms with Gasteiger partial charge in [-0.05, 0) is 30.5 Å². The van der Waals surface area contributed by atoms with Crippen LogP contribution in [0, 0.1) is 11.7 Å². The van der Waals surface area contributed by atoms with Gasteiger partial charge >= 0.3 is 0 Å². The van der Waals surface area contributed by atoms with Crippen LogP contribution in [0.5, 0.6) is 0 Å². The summed E-state index contributed by atoms with van der Waals surface area (Å²) >= 11 is 5.79. The molecule has 0 spiro atoms. The second-order valence-electron chi connectivity index (χ2n) is 4.81. The molecule has 2 rings (SSSR count). The molecule has 18 heavy (non-hydrogen) atoms. The Morgan fingerprint density at radius 1 is 1.56 bits per heavy atom. The van der Waals surface area contributed by atoms with Crippen LogP contribution >= 0.6 is 11.6 Å². The molecule has 2 unspecified atom stereocenters. The van der Waals surface area contributed by atoms with Crippen molar-refractivity contribution >= 4 is 17.5 Å². The van der Waals surface area contributed by atoms with E-state index in [9.17, 15) is 9.18 Å². The molecule has 0 radical (unpaired) electrons. The Morgan fingerprint density at radius 2 is 2.28 bits per heavy atom. The summed E-state index contributed by atoms with van der Waals surface area (Å²) in [6.45, 7) is 3.13. The molecule has 2 N–H and O–H groups in total. The highest BCUT2D eigenvalue weighted by Gasteiger charge is 2.28. The lowest BCUT2D eigenvalue weighted by molar-refractivity contribution is 0.0659. The number of nitrogens with two attached hydrogens (primary N) is 1. The second-order valence-corrected chi connectivity index (χ2v) is 5.24. The number of carbonyl (C=O) groups excluding carboxylic acids is 1. The number of halogens is 2. The molecule has 1 heterocycles. The topological polar surface area (TPSA) is 46.3 Å². The van der Waals surface area contributed by atoms with Crippen LogP contribution in [-0.4, -0.2) is 29.9 Å². The summed E-state index contributed by atoms with van der Waals surface area (Å²) in [5.41, 5.74) is 5.93.